The van der Waals surface area contributed by atoms with Crippen LogP contribution in [0.3, 0.4) is 0 Å². The molecule has 15 heavy (non-hydrogen) atoms. The van der Waals surface area contributed by atoms with Crippen molar-refractivity contribution in [1.29, 1.82) is 0 Å². The van der Waals surface area contributed by atoms with Gasteiger partial charge in [-0.2, -0.15) is 0 Å². The first kappa shape index (κ1) is 11.3. The highest BCUT2D eigenvalue weighted by molar-refractivity contribution is 5.85. The van der Waals surface area contributed by atoms with E-state index in [4.69, 9.17) is 0 Å². The summed E-state index contributed by atoms with van der Waals surface area (Å²) >= 11 is 0. The lowest BCUT2D eigenvalue weighted by Gasteiger charge is -2.01. The zero-order valence-corrected chi connectivity index (χ0v) is 8.61. The summed E-state index contributed by atoms with van der Waals surface area (Å²) in [4.78, 5) is 4.11. The summed E-state index contributed by atoms with van der Waals surface area (Å²) in [5.74, 6) is 0.0660. The number of hydrogen-bond acceptors (Lipinski definition) is 3. The van der Waals surface area contributed by atoms with E-state index < -0.39 is 0 Å². The summed E-state index contributed by atoms with van der Waals surface area (Å²) in [6.07, 6.45) is 1.66. The van der Waals surface area contributed by atoms with Gasteiger partial charge in [-0.25, -0.2) is 0 Å². The van der Waals surface area contributed by atoms with E-state index >= 15 is 0 Å². The minimum Gasteiger partial charge on any atom is -0.508 e. The molecule has 0 atom stereocenters. The molecule has 0 aliphatic carbocycles. The average molecular weight is 224 g/mol. The first-order valence-corrected chi connectivity index (χ1v) is 4.20. The van der Waals surface area contributed by atoms with E-state index in [0.29, 0.717) is 5.56 Å². The van der Waals surface area contributed by atoms with Crippen LogP contribution in [0.25, 0.3) is 11.3 Å². The quantitative estimate of drug-likeness (QED) is 0.781. The monoisotopic (exact) mass is 223 g/mol. The van der Waals surface area contributed by atoms with Crippen LogP contribution in [-0.4, -0.2) is 15.2 Å². The summed E-state index contributed by atoms with van der Waals surface area (Å²) in [5.41, 5.74) is 1.42. The summed E-state index contributed by atoms with van der Waals surface area (Å²) in [5, 5.41) is 18.5. The SMILES string of the molecule is Cl.Oc1cc(O)cc(-c2ccccn2)c1. The fraction of sp³-hybridized carbons (Fsp3) is 0. The Balaban J connectivity index is 0.00000112. The van der Waals surface area contributed by atoms with Crippen LogP contribution in [-0.2, 0) is 0 Å². The smallest absolute Gasteiger partial charge is 0.119 e. The van der Waals surface area contributed by atoms with Gasteiger partial charge >= 0.3 is 0 Å². The predicted molar refractivity (Wildman–Crippen MR) is 60.3 cm³/mol. The second-order valence-electron chi connectivity index (χ2n) is 2.95. The molecule has 0 radical (unpaired) electrons. The van der Waals surface area contributed by atoms with Gasteiger partial charge in [-0.05, 0) is 24.3 Å². The van der Waals surface area contributed by atoms with E-state index in [-0.39, 0.29) is 23.9 Å². The first-order valence-electron chi connectivity index (χ1n) is 4.20. The molecule has 2 aromatic rings. The maximum atomic E-state index is 9.27. The molecule has 0 amide bonds. The summed E-state index contributed by atoms with van der Waals surface area (Å²) in [6.45, 7) is 0. The number of benzene rings is 1. The molecule has 2 rings (SSSR count). The third-order valence-corrected chi connectivity index (χ3v) is 1.86. The number of phenolic OH excluding ortho intramolecular Hbond substituents is 2. The van der Waals surface area contributed by atoms with Gasteiger partial charge in [0, 0.05) is 17.8 Å². The third kappa shape index (κ3) is 2.60. The number of hydrogen-bond donors (Lipinski definition) is 2. The normalized spacial score (nSPS) is 9.33. The third-order valence-electron chi connectivity index (χ3n) is 1.86. The fourth-order valence-electron chi connectivity index (χ4n) is 1.28. The molecule has 0 bridgehead atoms. The molecule has 0 aliphatic heterocycles. The van der Waals surface area contributed by atoms with Crippen molar-refractivity contribution >= 4 is 12.4 Å². The van der Waals surface area contributed by atoms with E-state index in [1.54, 1.807) is 18.3 Å². The van der Waals surface area contributed by atoms with Crippen molar-refractivity contribution in [3.8, 4) is 22.8 Å². The number of nitrogens with zero attached hydrogens (tertiary/aromatic N) is 1. The Morgan fingerprint density at radius 1 is 0.933 bits per heavy atom. The highest BCUT2D eigenvalue weighted by Gasteiger charge is 2.01. The predicted octanol–water partition coefficient (Wildman–Crippen LogP) is 2.58. The van der Waals surface area contributed by atoms with Gasteiger partial charge < -0.3 is 10.2 Å². The minimum atomic E-state index is 0. The number of rotatable bonds is 1. The van der Waals surface area contributed by atoms with Crippen LogP contribution >= 0.6 is 12.4 Å². The lowest BCUT2D eigenvalue weighted by molar-refractivity contribution is 0.451. The van der Waals surface area contributed by atoms with Crippen LogP contribution in [0, 0.1) is 0 Å². The van der Waals surface area contributed by atoms with E-state index in [1.807, 2.05) is 18.2 Å². The van der Waals surface area contributed by atoms with Crippen LogP contribution in [0.2, 0.25) is 0 Å². The lowest BCUT2D eigenvalue weighted by atomic mass is 10.1. The molecule has 1 heterocycles. The Bertz CT molecular complexity index is 425. The maximum Gasteiger partial charge on any atom is 0.119 e. The zero-order chi connectivity index (χ0) is 9.97. The maximum absolute atomic E-state index is 9.27. The fourth-order valence-corrected chi connectivity index (χ4v) is 1.28. The van der Waals surface area contributed by atoms with Gasteiger partial charge in [-0.3, -0.25) is 4.98 Å². The molecular formula is C11H10ClNO2. The lowest BCUT2D eigenvalue weighted by Crippen LogP contribution is -1.81. The number of pyridine rings is 1. The number of aromatic hydroxyl groups is 2. The van der Waals surface area contributed by atoms with E-state index in [2.05, 4.69) is 4.98 Å². The Morgan fingerprint density at radius 3 is 2.13 bits per heavy atom. The van der Waals surface area contributed by atoms with Crippen molar-refractivity contribution in [3.05, 3.63) is 42.6 Å². The van der Waals surface area contributed by atoms with Gasteiger partial charge in [-0.15, -0.1) is 12.4 Å². The molecule has 0 aliphatic rings. The molecule has 0 saturated carbocycles. The number of aromatic nitrogens is 1. The van der Waals surface area contributed by atoms with Crippen molar-refractivity contribution in [3.63, 3.8) is 0 Å². The van der Waals surface area contributed by atoms with Gasteiger partial charge in [0.15, 0.2) is 0 Å². The molecule has 78 valence electrons. The second kappa shape index (κ2) is 4.66. The molecule has 3 nitrogen and oxygen atoms in total. The standard InChI is InChI=1S/C11H9NO2.ClH/c13-9-5-8(6-10(14)7-9)11-3-1-2-4-12-11;/h1-7,13-14H;1H. The van der Waals surface area contributed by atoms with E-state index in [1.165, 1.54) is 6.07 Å². The molecule has 0 spiro atoms. The van der Waals surface area contributed by atoms with E-state index in [9.17, 15) is 10.2 Å². The van der Waals surface area contributed by atoms with Gasteiger partial charge in [0.05, 0.1) is 5.69 Å². The van der Waals surface area contributed by atoms with Gasteiger partial charge in [0.2, 0.25) is 0 Å². The number of halogens is 1. The molecular weight excluding hydrogens is 214 g/mol. The average Bonchev–Trinajstić information content (AvgIpc) is 2.18. The van der Waals surface area contributed by atoms with Crippen molar-refractivity contribution in [2.45, 2.75) is 0 Å². The Morgan fingerprint density at radius 2 is 1.60 bits per heavy atom. The highest BCUT2D eigenvalue weighted by atomic mass is 35.5. The molecule has 1 aromatic heterocycles. The van der Waals surface area contributed by atoms with Crippen LogP contribution in [0.15, 0.2) is 42.6 Å². The van der Waals surface area contributed by atoms with Crippen molar-refractivity contribution < 1.29 is 10.2 Å². The van der Waals surface area contributed by atoms with E-state index in [0.717, 1.165) is 5.69 Å². The van der Waals surface area contributed by atoms with Gasteiger partial charge in [0.25, 0.3) is 0 Å². The number of phenols is 2. The second-order valence-corrected chi connectivity index (χ2v) is 2.95. The van der Waals surface area contributed by atoms with Crippen molar-refractivity contribution in [2.75, 3.05) is 0 Å². The largest absolute Gasteiger partial charge is 0.508 e. The Labute approximate surface area is 93.4 Å². The minimum absolute atomic E-state index is 0. The van der Waals surface area contributed by atoms with Crippen LogP contribution in [0.5, 0.6) is 11.5 Å². The molecule has 4 heteroatoms. The topological polar surface area (TPSA) is 53.4 Å². The molecule has 0 saturated heterocycles. The Hall–Kier alpha value is -1.74. The van der Waals surface area contributed by atoms with Gasteiger partial charge in [-0.1, -0.05) is 6.07 Å². The zero-order valence-electron chi connectivity index (χ0n) is 7.79. The van der Waals surface area contributed by atoms with Crippen molar-refractivity contribution in [1.82, 2.24) is 4.98 Å². The molecule has 2 N–H and O–H groups in total. The van der Waals surface area contributed by atoms with Crippen LogP contribution in [0.4, 0.5) is 0 Å². The summed E-state index contributed by atoms with van der Waals surface area (Å²) in [6, 6.07) is 9.88. The van der Waals surface area contributed by atoms with Gasteiger partial charge in [0.1, 0.15) is 11.5 Å². The molecule has 0 unspecified atom stereocenters. The highest BCUT2D eigenvalue weighted by Crippen LogP contribution is 2.26. The first-order chi connectivity index (χ1) is 6.75. The Kier molecular flexibility index (Phi) is 3.52. The van der Waals surface area contributed by atoms with Crippen molar-refractivity contribution in [2.24, 2.45) is 0 Å². The summed E-state index contributed by atoms with van der Waals surface area (Å²) < 4.78 is 0. The van der Waals surface area contributed by atoms with Crippen LogP contribution < -0.4 is 0 Å². The molecule has 0 fully saturated rings. The summed E-state index contributed by atoms with van der Waals surface area (Å²) in [7, 11) is 0. The molecule has 1 aromatic carbocycles. The van der Waals surface area contributed by atoms with Crippen LogP contribution in [0.1, 0.15) is 0 Å².